The van der Waals surface area contributed by atoms with Crippen LogP contribution < -0.4 is 0 Å². The number of hydrogen-bond acceptors (Lipinski definition) is 0. The molecule has 0 aromatic rings. The Morgan fingerprint density at radius 1 is 1.50 bits per heavy atom. The van der Waals surface area contributed by atoms with Crippen LogP contribution in [0, 0.1) is 0 Å². The number of halogens is 1. The van der Waals surface area contributed by atoms with Crippen LogP contribution >= 0.6 is 0 Å². The van der Waals surface area contributed by atoms with Gasteiger partial charge in [-0.25, -0.2) is 9.50 Å². The van der Waals surface area contributed by atoms with Gasteiger partial charge in [-0.15, -0.1) is 0 Å². The lowest BCUT2D eigenvalue weighted by atomic mass is 10.2. The zero-order chi connectivity index (χ0) is 6.41. The molecule has 8 heavy (non-hydrogen) atoms. The molecule has 1 unspecified atom stereocenters. The van der Waals surface area contributed by atoms with Gasteiger partial charge in [0, 0.05) is 6.42 Å². The molecule has 0 rings (SSSR count). The summed E-state index contributed by atoms with van der Waals surface area (Å²) in [5.74, 6) is 0. The minimum Gasteiger partial charge on any atom is -0.247 e. The average molecular weight is 119 g/mol. The first kappa shape index (κ1) is 7.89. The Bertz CT molecular complexity index is 41.8. The van der Waals surface area contributed by atoms with Crippen LogP contribution in [0.2, 0.25) is 0 Å². The van der Waals surface area contributed by atoms with Gasteiger partial charge in [0.25, 0.3) is 0 Å². The lowest BCUT2D eigenvalue weighted by molar-refractivity contribution is 0.150. The Hall–Kier alpha value is -0.110. The molecule has 0 aliphatic heterocycles. The van der Waals surface area contributed by atoms with Crippen LogP contribution in [0.4, 0.5) is 4.39 Å². The normalized spacial score (nSPS) is 13.9. The highest BCUT2D eigenvalue weighted by atomic mass is 19.1. The molecule has 0 N–H and O–H groups in total. The lowest BCUT2D eigenvalue weighted by Gasteiger charge is -2.00. The maximum Gasteiger partial charge on any atom is 0.102 e. The van der Waals surface area contributed by atoms with Crippen molar-refractivity contribution in [3.63, 3.8) is 0 Å². The van der Waals surface area contributed by atoms with Crippen molar-refractivity contribution in [1.29, 1.82) is 0 Å². The molecule has 0 aromatic heterocycles. The zero-order valence-electron chi connectivity index (χ0n) is 5.19. The molecule has 0 heterocycles. The van der Waals surface area contributed by atoms with Crippen molar-refractivity contribution in [2.24, 2.45) is 0 Å². The number of alkyl halides is 1. The summed E-state index contributed by atoms with van der Waals surface area (Å²) in [7, 11) is 0. The molecule has 0 fully saturated rings. The first-order valence-corrected chi connectivity index (χ1v) is 3.03. The van der Waals surface area contributed by atoms with E-state index >= 15 is 0 Å². The van der Waals surface area contributed by atoms with Crippen LogP contribution in [0.5, 0.6) is 0 Å². The fraction of sp³-hybridized carbons (Fsp3) is 1.00. The van der Waals surface area contributed by atoms with Crippen LogP contribution in [0.1, 0.15) is 26.2 Å². The monoisotopic (exact) mass is 119 g/mol. The SMILES string of the molecule is CCCC(F)CC[O]. The van der Waals surface area contributed by atoms with E-state index in [9.17, 15) is 9.50 Å². The van der Waals surface area contributed by atoms with Crippen LogP contribution in [-0.4, -0.2) is 12.8 Å². The van der Waals surface area contributed by atoms with E-state index in [0.717, 1.165) is 6.42 Å². The minimum atomic E-state index is -0.850. The Morgan fingerprint density at radius 2 is 2.12 bits per heavy atom. The highest BCUT2D eigenvalue weighted by Crippen LogP contribution is 2.04. The second-order valence-electron chi connectivity index (χ2n) is 1.88. The smallest absolute Gasteiger partial charge is 0.102 e. The standard InChI is InChI=1S/C6H12FO/c1-2-3-6(7)4-5-8/h6H,2-5H2,1H3. The molecule has 2 heteroatoms. The molecular formula is C6H12FO. The molecule has 0 saturated heterocycles. The first-order valence-electron chi connectivity index (χ1n) is 3.03. The van der Waals surface area contributed by atoms with E-state index in [4.69, 9.17) is 0 Å². The van der Waals surface area contributed by atoms with Gasteiger partial charge < -0.3 is 0 Å². The summed E-state index contributed by atoms with van der Waals surface area (Å²) in [6.45, 7) is 1.64. The van der Waals surface area contributed by atoms with Gasteiger partial charge in [0.2, 0.25) is 0 Å². The maximum absolute atomic E-state index is 12.2. The molecule has 0 aliphatic rings. The molecule has 49 valence electrons. The second kappa shape index (κ2) is 5.04. The molecule has 0 spiro atoms. The summed E-state index contributed by atoms with van der Waals surface area (Å²) in [6, 6.07) is 0. The van der Waals surface area contributed by atoms with E-state index in [1.807, 2.05) is 6.92 Å². The van der Waals surface area contributed by atoms with Gasteiger partial charge in [0.15, 0.2) is 0 Å². The predicted molar refractivity (Wildman–Crippen MR) is 30.0 cm³/mol. The Labute approximate surface area is 49.5 Å². The van der Waals surface area contributed by atoms with Gasteiger partial charge in [-0.05, 0) is 6.42 Å². The van der Waals surface area contributed by atoms with Crippen LogP contribution in [-0.2, 0) is 5.11 Å². The third-order valence-corrected chi connectivity index (χ3v) is 1.03. The van der Waals surface area contributed by atoms with E-state index in [-0.39, 0.29) is 13.0 Å². The van der Waals surface area contributed by atoms with Crippen molar-refractivity contribution in [1.82, 2.24) is 0 Å². The summed E-state index contributed by atoms with van der Waals surface area (Å²) >= 11 is 0. The van der Waals surface area contributed by atoms with Crippen LogP contribution in [0.25, 0.3) is 0 Å². The topological polar surface area (TPSA) is 19.9 Å². The third kappa shape index (κ3) is 4.06. The fourth-order valence-corrected chi connectivity index (χ4v) is 0.585. The van der Waals surface area contributed by atoms with E-state index in [2.05, 4.69) is 0 Å². The maximum atomic E-state index is 12.2. The van der Waals surface area contributed by atoms with Crippen molar-refractivity contribution < 1.29 is 9.50 Å². The lowest BCUT2D eigenvalue weighted by Crippen LogP contribution is -2.00. The molecule has 0 aromatic carbocycles. The summed E-state index contributed by atoms with van der Waals surface area (Å²) in [5, 5.41) is 9.78. The van der Waals surface area contributed by atoms with Crippen molar-refractivity contribution >= 4 is 0 Å². The average Bonchev–Trinajstić information content (AvgIpc) is 1.68. The largest absolute Gasteiger partial charge is 0.247 e. The highest BCUT2D eigenvalue weighted by Gasteiger charge is 2.01. The zero-order valence-corrected chi connectivity index (χ0v) is 5.19. The Morgan fingerprint density at radius 3 is 2.50 bits per heavy atom. The molecule has 0 amide bonds. The quantitative estimate of drug-likeness (QED) is 0.539. The van der Waals surface area contributed by atoms with Crippen LogP contribution in [0.15, 0.2) is 0 Å². The van der Waals surface area contributed by atoms with Crippen molar-refractivity contribution in [3.8, 4) is 0 Å². The Kier molecular flexibility index (Phi) is 4.97. The fourth-order valence-electron chi connectivity index (χ4n) is 0.585. The Balaban J connectivity index is 2.92. The van der Waals surface area contributed by atoms with Gasteiger partial charge in [0.05, 0.1) is 6.61 Å². The molecule has 1 radical (unpaired) electrons. The van der Waals surface area contributed by atoms with Gasteiger partial charge >= 0.3 is 0 Å². The molecule has 0 saturated carbocycles. The third-order valence-electron chi connectivity index (χ3n) is 1.03. The van der Waals surface area contributed by atoms with Gasteiger partial charge in [-0.2, -0.15) is 0 Å². The van der Waals surface area contributed by atoms with Gasteiger partial charge in [-0.1, -0.05) is 13.3 Å². The second-order valence-corrected chi connectivity index (χ2v) is 1.88. The van der Waals surface area contributed by atoms with Crippen molar-refractivity contribution in [3.05, 3.63) is 0 Å². The predicted octanol–water partition coefficient (Wildman–Crippen LogP) is 1.95. The number of hydrogen-bond donors (Lipinski definition) is 0. The van der Waals surface area contributed by atoms with E-state index in [1.54, 1.807) is 0 Å². The summed E-state index contributed by atoms with van der Waals surface area (Å²) in [4.78, 5) is 0. The van der Waals surface area contributed by atoms with Gasteiger partial charge in [0.1, 0.15) is 6.17 Å². The summed E-state index contributed by atoms with van der Waals surface area (Å²) in [6.07, 6.45) is 0.717. The summed E-state index contributed by atoms with van der Waals surface area (Å²) < 4.78 is 12.2. The molecule has 0 aliphatic carbocycles. The van der Waals surface area contributed by atoms with Gasteiger partial charge in [-0.3, -0.25) is 0 Å². The molecule has 1 nitrogen and oxygen atoms in total. The summed E-state index contributed by atoms with van der Waals surface area (Å²) in [5.41, 5.74) is 0. The van der Waals surface area contributed by atoms with Crippen molar-refractivity contribution in [2.75, 3.05) is 6.61 Å². The molecule has 0 bridgehead atoms. The molecule has 1 atom stereocenters. The highest BCUT2D eigenvalue weighted by molar-refractivity contribution is 4.52. The van der Waals surface area contributed by atoms with E-state index < -0.39 is 6.17 Å². The van der Waals surface area contributed by atoms with E-state index in [1.165, 1.54) is 0 Å². The minimum absolute atomic E-state index is 0.188. The van der Waals surface area contributed by atoms with Crippen LogP contribution in [0.3, 0.4) is 0 Å². The molecular weight excluding hydrogens is 107 g/mol. The number of rotatable bonds is 4. The van der Waals surface area contributed by atoms with Crippen molar-refractivity contribution in [2.45, 2.75) is 32.4 Å². The first-order chi connectivity index (χ1) is 3.81. The van der Waals surface area contributed by atoms with E-state index in [0.29, 0.717) is 6.42 Å².